The molecule has 1 unspecified atom stereocenters. The van der Waals surface area contributed by atoms with Crippen LogP contribution >= 0.6 is 0 Å². The van der Waals surface area contributed by atoms with Gasteiger partial charge >= 0.3 is 12.1 Å². The maximum absolute atomic E-state index is 13.3. The highest BCUT2D eigenvalue weighted by molar-refractivity contribution is 5.94. The molecule has 5 N–H and O–H groups in total. The van der Waals surface area contributed by atoms with Gasteiger partial charge in [0.2, 0.25) is 17.7 Å². The molecule has 0 radical (unpaired) electrons. The van der Waals surface area contributed by atoms with Gasteiger partial charge in [-0.2, -0.15) is 0 Å². The normalized spacial score (nSPS) is 14.4. The van der Waals surface area contributed by atoms with Gasteiger partial charge in [-0.1, -0.05) is 44.2 Å². The zero-order valence-corrected chi connectivity index (χ0v) is 23.0. The van der Waals surface area contributed by atoms with Crippen molar-refractivity contribution in [2.45, 2.75) is 84.9 Å². The summed E-state index contributed by atoms with van der Waals surface area (Å²) in [7, 11) is 0. The number of carboxylic acids is 1. The first-order valence-corrected chi connectivity index (χ1v) is 12.4. The highest BCUT2D eigenvalue weighted by atomic mass is 16.5. The first kappa shape index (κ1) is 32.4. The number of carbonyl (C=O) groups is 5. The molecule has 0 saturated carbocycles. The Morgan fingerprint density at radius 1 is 0.842 bits per heavy atom. The molecule has 0 aliphatic heterocycles. The number of hydrogen-bond donors (Lipinski definition) is 5. The van der Waals surface area contributed by atoms with E-state index in [4.69, 9.17) is 14.6 Å². The van der Waals surface area contributed by atoms with E-state index in [0.717, 1.165) is 5.56 Å². The fraction of sp³-hybridized carbons (Fsp3) is 0.577. The van der Waals surface area contributed by atoms with Crippen LogP contribution in [0.15, 0.2) is 30.3 Å². The van der Waals surface area contributed by atoms with E-state index in [0.29, 0.717) is 0 Å². The average Bonchev–Trinajstić information content (AvgIpc) is 2.81. The fourth-order valence-electron chi connectivity index (χ4n) is 3.36. The molecule has 0 heterocycles. The summed E-state index contributed by atoms with van der Waals surface area (Å²) in [4.78, 5) is 61.6. The Labute approximate surface area is 223 Å². The minimum Gasteiger partial charge on any atom is -0.480 e. The number of ether oxygens (including phenoxy) is 2. The van der Waals surface area contributed by atoms with Gasteiger partial charge in [0, 0.05) is 0 Å². The first-order chi connectivity index (χ1) is 17.6. The molecule has 1 aromatic rings. The van der Waals surface area contributed by atoms with E-state index >= 15 is 0 Å². The Kier molecular flexibility index (Phi) is 12.7. The SMILES string of the molecule is CC(C)[C@H](NC(=O)[C@@H](NC(=O)[C@H](C)NC(=O)OCc1ccccc1)C(C)OC(C)(C)C)C(=O)NCC(=O)O. The van der Waals surface area contributed by atoms with Gasteiger partial charge in [0.05, 0.1) is 11.7 Å². The van der Waals surface area contributed by atoms with Crippen molar-refractivity contribution in [1.29, 1.82) is 0 Å². The molecule has 0 aromatic heterocycles. The lowest BCUT2D eigenvalue weighted by Gasteiger charge is -2.32. The van der Waals surface area contributed by atoms with Crippen molar-refractivity contribution in [2.24, 2.45) is 5.92 Å². The van der Waals surface area contributed by atoms with Crippen molar-refractivity contribution in [3.05, 3.63) is 35.9 Å². The molecule has 0 aliphatic carbocycles. The Balaban J connectivity index is 2.92. The predicted molar refractivity (Wildman–Crippen MR) is 139 cm³/mol. The minimum atomic E-state index is -1.24. The summed E-state index contributed by atoms with van der Waals surface area (Å²) in [6, 6.07) is 5.65. The molecule has 12 nitrogen and oxygen atoms in total. The number of alkyl carbamates (subject to hydrolysis) is 1. The summed E-state index contributed by atoms with van der Waals surface area (Å²) in [6.45, 7) is 11.1. The number of nitrogens with one attached hydrogen (secondary N) is 4. The zero-order valence-electron chi connectivity index (χ0n) is 23.0. The highest BCUT2D eigenvalue weighted by Crippen LogP contribution is 2.14. The van der Waals surface area contributed by atoms with Gasteiger partial charge in [-0.05, 0) is 46.1 Å². The molecule has 1 rings (SSSR count). The van der Waals surface area contributed by atoms with Gasteiger partial charge < -0.3 is 35.8 Å². The van der Waals surface area contributed by atoms with Crippen LogP contribution in [0.2, 0.25) is 0 Å². The molecule has 0 fully saturated rings. The molecule has 4 amide bonds. The maximum atomic E-state index is 13.3. The smallest absolute Gasteiger partial charge is 0.408 e. The van der Waals surface area contributed by atoms with Crippen LogP contribution < -0.4 is 21.3 Å². The van der Waals surface area contributed by atoms with E-state index in [1.807, 2.05) is 6.07 Å². The lowest BCUT2D eigenvalue weighted by molar-refractivity contribution is -0.141. The molecule has 0 spiro atoms. The van der Waals surface area contributed by atoms with Gasteiger partial charge in [-0.15, -0.1) is 0 Å². The first-order valence-electron chi connectivity index (χ1n) is 12.4. The quantitative estimate of drug-likeness (QED) is 0.251. The third-order valence-electron chi connectivity index (χ3n) is 5.19. The molecule has 0 saturated heterocycles. The van der Waals surface area contributed by atoms with Crippen LogP contribution in [-0.2, 0) is 35.3 Å². The van der Waals surface area contributed by atoms with Crippen molar-refractivity contribution < 1.29 is 38.6 Å². The lowest BCUT2D eigenvalue weighted by Crippen LogP contribution is -2.61. The number of rotatable bonds is 13. The summed E-state index contributed by atoms with van der Waals surface area (Å²) >= 11 is 0. The van der Waals surface area contributed by atoms with Crippen molar-refractivity contribution >= 4 is 29.8 Å². The van der Waals surface area contributed by atoms with Crippen LogP contribution in [0.5, 0.6) is 0 Å². The van der Waals surface area contributed by atoms with Crippen molar-refractivity contribution in [3.8, 4) is 0 Å². The molecule has 212 valence electrons. The van der Waals surface area contributed by atoms with E-state index < -0.39 is 66.2 Å². The largest absolute Gasteiger partial charge is 0.480 e. The van der Waals surface area contributed by atoms with Crippen molar-refractivity contribution in [2.75, 3.05) is 6.54 Å². The van der Waals surface area contributed by atoms with E-state index in [2.05, 4.69) is 21.3 Å². The monoisotopic (exact) mass is 536 g/mol. The van der Waals surface area contributed by atoms with Gasteiger partial charge in [0.25, 0.3) is 0 Å². The Bertz CT molecular complexity index is 962. The highest BCUT2D eigenvalue weighted by Gasteiger charge is 2.35. The molecule has 0 aliphatic rings. The molecule has 12 heteroatoms. The number of carbonyl (C=O) groups excluding carboxylic acids is 4. The van der Waals surface area contributed by atoms with Gasteiger partial charge in [0.1, 0.15) is 31.3 Å². The summed E-state index contributed by atoms with van der Waals surface area (Å²) < 4.78 is 11.0. The lowest BCUT2D eigenvalue weighted by atomic mass is 10.0. The second kappa shape index (κ2) is 14.9. The van der Waals surface area contributed by atoms with E-state index in [1.165, 1.54) is 6.92 Å². The van der Waals surface area contributed by atoms with Gasteiger partial charge in [0.15, 0.2) is 0 Å². The van der Waals surface area contributed by atoms with E-state index in [9.17, 15) is 24.0 Å². The fourth-order valence-corrected chi connectivity index (χ4v) is 3.36. The zero-order chi connectivity index (χ0) is 29.0. The number of benzene rings is 1. The Morgan fingerprint density at radius 2 is 1.42 bits per heavy atom. The third-order valence-corrected chi connectivity index (χ3v) is 5.19. The summed E-state index contributed by atoms with van der Waals surface area (Å²) in [5, 5.41) is 18.7. The molecule has 4 atom stereocenters. The number of aliphatic carboxylic acids is 1. The standard InChI is InChI=1S/C26H40N4O8/c1-15(2)20(23(34)27-13-19(31)32)29-24(35)21(17(4)38-26(5,6)7)30-22(33)16(3)28-25(36)37-14-18-11-9-8-10-12-18/h8-12,15-17,20-21H,13-14H2,1-7H3,(H,27,34)(H,28,36)(H,29,35)(H,30,33)(H,31,32)/t16-,17?,20-,21-/m0/s1. The maximum Gasteiger partial charge on any atom is 0.408 e. The second-order valence-corrected chi connectivity index (χ2v) is 10.2. The molecule has 0 bridgehead atoms. The number of amides is 4. The molecular formula is C26H40N4O8. The number of carboxylic acid groups (broad SMARTS) is 1. The summed E-state index contributed by atoms with van der Waals surface area (Å²) in [5.41, 5.74) is 0.112. The topological polar surface area (TPSA) is 172 Å². The molecular weight excluding hydrogens is 496 g/mol. The van der Waals surface area contributed by atoms with E-state index in [1.54, 1.807) is 65.8 Å². The Hall–Kier alpha value is -3.67. The van der Waals surface area contributed by atoms with Crippen LogP contribution in [0.1, 0.15) is 54.0 Å². The average molecular weight is 537 g/mol. The summed E-state index contributed by atoms with van der Waals surface area (Å²) in [6.07, 6.45) is -1.64. The van der Waals surface area contributed by atoms with Crippen molar-refractivity contribution in [1.82, 2.24) is 21.3 Å². The van der Waals surface area contributed by atoms with Crippen LogP contribution in [-0.4, -0.2) is 71.3 Å². The van der Waals surface area contributed by atoms with Gasteiger partial charge in [-0.3, -0.25) is 19.2 Å². The molecule has 1 aromatic carbocycles. The van der Waals surface area contributed by atoms with Crippen LogP contribution in [0.3, 0.4) is 0 Å². The van der Waals surface area contributed by atoms with Crippen LogP contribution in [0.25, 0.3) is 0 Å². The molecule has 38 heavy (non-hydrogen) atoms. The number of hydrogen-bond acceptors (Lipinski definition) is 7. The van der Waals surface area contributed by atoms with Crippen LogP contribution in [0, 0.1) is 5.92 Å². The summed E-state index contributed by atoms with van der Waals surface area (Å²) in [5.74, 6) is -3.68. The second-order valence-electron chi connectivity index (χ2n) is 10.2. The van der Waals surface area contributed by atoms with Crippen LogP contribution in [0.4, 0.5) is 4.79 Å². The third kappa shape index (κ3) is 12.0. The Morgan fingerprint density at radius 3 is 1.95 bits per heavy atom. The van der Waals surface area contributed by atoms with Gasteiger partial charge in [-0.25, -0.2) is 4.79 Å². The minimum absolute atomic E-state index is 0.0169. The van der Waals surface area contributed by atoms with E-state index in [-0.39, 0.29) is 12.5 Å². The van der Waals surface area contributed by atoms with Crippen molar-refractivity contribution in [3.63, 3.8) is 0 Å². The predicted octanol–water partition coefficient (Wildman–Crippen LogP) is 1.33.